The van der Waals surface area contributed by atoms with Gasteiger partial charge in [0.15, 0.2) is 17.1 Å². The number of alkyl halides is 1. The monoisotopic (exact) mass is 648 g/mol. The van der Waals surface area contributed by atoms with Crippen LogP contribution in [-0.2, 0) is 16.1 Å². The van der Waals surface area contributed by atoms with Crippen molar-refractivity contribution < 1.29 is 28.7 Å². The highest BCUT2D eigenvalue weighted by Crippen LogP contribution is 2.28. The number of halogens is 2. The lowest BCUT2D eigenvalue weighted by Crippen LogP contribution is -2.44. The number of nitrogens with zero attached hydrogens (tertiary/aromatic N) is 7. The number of fused-ring (bicyclic) bond motifs is 2. The van der Waals surface area contributed by atoms with E-state index in [1.54, 1.807) is 48.8 Å². The Kier molecular flexibility index (Phi) is 7.17. The Labute approximate surface area is 250 Å². The number of carboxylic acid groups (broad SMARTS) is 1. The summed E-state index contributed by atoms with van der Waals surface area (Å²) in [5.74, 6) is -2.33. The number of benzene rings is 1. The van der Waals surface area contributed by atoms with Gasteiger partial charge in [-0.05, 0) is 45.8 Å². The molecule has 15 heteroatoms. The molecule has 13 nitrogen and oxygen atoms in total. The highest BCUT2D eigenvalue weighted by atomic mass is 79.9. The lowest BCUT2D eigenvalue weighted by molar-refractivity contribution is -0.137. The number of carboxylic acids is 1. The number of pyridine rings is 1. The van der Waals surface area contributed by atoms with Crippen LogP contribution in [0.25, 0.3) is 27.7 Å². The Bertz CT molecular complexity index is 1960. The first-order valence-electron chi connectivity index (χ1n) is 13.0. The molecule has 0 radical (unpaired) electrons. The Balaban J connectivity index is 1.28. The molecule has 0 unspecified atom stereocenters. The van der Waals surface area contributed by atoms with Crippen LogP contribution >= 0.6 is 15.9 Å². The van der Waals surface area contributed by atoms with Crippen LogP contribution in [0.15, 0.2) is 59.5 Å². The van der Waals surface area contributed by atoms with Crippen molar-refractivity contribution >= 4 is 61.9 Å². The third-order valence-electron chi connectivity index (χ3n) is 7.07. The van der Waals surface area contributed by atoms with Gasteiger partial charge in [-0.1, -0.05) is 12.1 Å². The number of carbonyl (C=O) groups excluding carboxylic acids is 3. The zero-order valence-corrected chi connectivity index (χ0v) is 24.0. The molecule has 2 amide bonds. The zero-order valence-electron chi connectivity index (χ0n) is 22.4. The smallest absolute Gasteiger partial charge is 0.356 e. The maximum Gasteiger partial charge on any atom is 0.356 e. The first kappa shape index (κ1) is 28.1. The van der Waals surface area contributed by atoms with Gasteiger partial charge in [0.2, 0.25) is 11.8 Å². The van der Waals surface area contributed by atoms with E-state index in [0.29, 0.717) is 32.3 Å². The molecule has 1 saturated heterocycles. The van der Waals surface area contributed by atoms with E-state index in [0.717, 1.165) is 0 Å². The quantitative estimate of drug-likeness (QED) is 0.199. The molecule has 0 bridgehead atoms. The molecule has 1 aliphatic rings. The van der Waals surface area contributed by atoms with Crippen molar-refractivity contribution in [1.29, 1.82) is 0 Å². The minimum atomic E-state index is -1.38. The van der Waals surface area contributed by atoms with E-state index >= 15 is 0 Å². The van der Waals surface area contributed by atoms with Crippen molar-refractivity contribution in [2.24, 2.45) is 0 Å². The summed E-state index contributed by atoms with van der Waals surface area (Å²) in [7, 11) is 0. The highest BCUT2D eigenvalue weighted by molar-refractivity contribution is 9.10. The number of Topliss-reactive ketones (excluding diaryl/α,β-unsaturated/α-hetero) is 1. The summed E-state index contributed by atoms with van der Waals surface area (Å²) in [6.07, 6.45) is 1.64. The summed E-state index contributed by atoms with van der Waals surface area (Å²) in [6, 6.07) is 10.4. The van der Waals surface area contributed by atoms with Gasteiger partial charge in [-0.3, -0.25) is 19.1 Å². The van der Waals surface area contributed by atoms with E-state index in [1.807, 2.05) is 0 Å². The average Bonchev–Trinajstić information content (AvgIpc) is 3.67. The number of likely N-dealkylation sites (tertiary alicyclic amines) is 1. The molecule has 6 rings (SSSR count). The van der Waals surface area contributed by atoms with E-state index in [1.165, 1.54) is 27.1 Å². The summed E-state index contributed by atoms with van der Waals surface area (Å²) in [5.41, 5.74) is 2.08. The molecule has 1 fully saturated rings. The van der Waals surface area contributed by atoms with Crippen molar-refractivity contribution in [3.05, 3.63) is 70.8 Å². The van der Waals surface area contributed by atoms with Crippen molar-refractivity contribution in [2.45, 2.75) is 32.1 Å². The molecular formula is C28H22BrFN8O5. The van der Waals surface area contributed by atoms with Gasteiger partial charge in [0.05, 0.1) is 12.1 Å². The van der Waals surface area contributed by atoms with E-state index in [-0.39, 0.29) is 42.5 Å². The maximum absolute atomic E-state index is 14.5. The highest BCUT2D eigenvalue weighted by Gasteiger charge is 2.40. The molecule has 0 saturated carbocycles. The van der Waals surface area contributed by atoms with Crippen molar-refractivity contribution in [2.75, 3.05) is 11.9 Å². The van der Waals surface area contributed by atoms with Gasteiger partial charge >= 0.3 is 5.97 Å². The molecular weight excluding hydrogens is 627 g/mol. The molecule has 1 aromatic carbocycles. The average molecular weight is 649 g/mol. The lowest BCUT2D eigenvalue weighted by Gasteiger charge is -2.23. The first-order valence-corrected chi connectivity index (χ1v) is 13.8. The molecule has 4 aromatic heterocycles. The number of nitrogens with one attached hydrogen (secondary N) is 1. The minimum Gasteiger partial charge on any atom is -0.476 e. The van der Waals surface area contributed by atoms with Gasteiger partial charge in [-0.15, -0.1) is 0 Å². The second-order valence-corrected chi connectivity index (χ2v) is 10.8. The van der Waals surface area contributed by atoms with Crippen LogP contribution < -0.4 is 5.32 Å². The number of hydrogen-bond donors (Lipinski definition) is 2. The molecule has 218 valence electrons. The van der Waals surface area contributed by atoms with E-state index < -0.39 is 30.0 Å². The Morgan fingerprint density at radius 3 is 2.67 bits per heavy atom. The molecule has 1 aliphatic heterocycles. The van der Waals surface area contributed by atoms with Gasteiger partial charge in [-0.25, -0.2) is 23.7 Å². The molecule has 5 aromatic rings. The number of anilines is 1. The summed E-state index contributed by atoms with van der Waals surface area (Å²) in [4.78, 5) is 59.8. The molecule has 2 atom stereocenters. The second-order valence-electron chi connectivity index (χ2n) is 10.0. The van der Waals surface area contributed by atoms with E-state index in [9.17, 15) is 28.7 Å². The lowest BCUT2D eigenvalue weighted by atomic mass is 10.0. The second kappa shape index (κ2) is 11.0. The summed E-state index contributed by atoms with van der Waals surface area (Å²) < 4.78 is 17.7. The fraction of sp³-hybridized carbons (Fsp3) is 0.214. The molecule has 43 heavy (non-hydrogen) atoms. The third kappa shape index (κ3) is 5.46. The number of aromatic nitrogens is 6. The zero-order chi connectivity index (χ0) is 30.4. The topological polar surface area (TPSA) is 165 Å². The summed E-state index contributed by atoms with van der Waals surface area (Å²) in [5, 5.41) is 20.7. The Morgan fingerprint density at radius 2 is 1.93 bits per heavy atom. The SMILES string of the molecule is CC(=O)c1nn(CC(=O)N2C[C@H](F)C[C@H]2C(=O)Nc2cccc(Br)n2)c2ccc(-c3cnc4cc(C(=O)O)nn4c3)cc12. The summed E-state index contributed by atoms with van der Waals surface area (Å²) in [6.45, 7) is 0.779. The fourth-order valence-electron chi connectivity index (χ4n) is 5.08. The Morgan fingerprint density at radius 1 is 1.12 bits per heavy atom. The first-order chi connectivity index (χ1) is 20.6. The third-order valence-corrected chi connectivity index (χ3v) is 7.52. The molecule has 5 heterocycles. The van der Waals surface area contributed by atoms with Crippen LogP contribution in [0.2, 0.25) is 0 Å². The predicted octanol–water partition coefficient (Wildman–Crippen LogP) is 3.38. The largest absolute Gasteiger partial charge is 0.476 e. The number of carbonyl (C=O) groups is 4. The van der Waals surface area contributed by atoms with Crippen molar-refractivity contribution in [3.63, 3.8) is 0 Å². The molecule has 0 aliphatic carbocycles. The fourth-order valence-corrected chi connectivity index (χ4v) is 5.43. The number of aromatic carboxylic acids is 1. The van der Waals surface area contributed by atoms with E-state index in [2.05, 4.69) is 41.4 Å². The van der Waals surface area contributed by atoms with E-state index in [4.69, 9.17) is 0 Å². The van der Waals surface area contributed by atoms with Crippen LogP contribution in [0.3, 0.4) is 0 Å². The normalized spacial score (nSPS) is 16.6. The van der Waals surface area contributed by atoms with Crippen molar-refractivity contribution in [3.8, 4) is 11.1 Å². The van der Waals surface area contributed by atoms with Crippen LogP contribution in [-0.4, -0.2) is 81.7 Å². The van der Waals surface area contributed by atoms with Crippen LogP contribution in [0, 0.1) is 0 Å². The standard InChI is InChI=1S/C28H22BrFN8O5/c1-14(39)26-18-7-15(16-10-31-24-9-19(28(42)43)34-38(24)11-16)5-6-20(18)37(35-26)13-25(40)36-12-17(30)8-21(36)27(41)33-23-4-2-3-22(29)32-23/h2-7,9-11,17,21H,8,12-13H2,1H3,(H,42,43)(H,32,33,41)/t17-,21+/m1/s1. The number of ketones is 1. The van der Waals surface area contributed by atoms with Gasteiger partial charge < -0.3 is 15.3 Å². The minimum absolute atomic E-state index is 0.130. The van der Waals surface area contributed by atoms with Gasteiger partial charge in [0.25, 0.3) is 0 Å². The number of hydrogen-bond acceptors (Lipinski definition) is 8. The van der Waals surface area contributed by atoms with Gasteiger partial charge in [0, 0.05) is 42.8 Å². The van der Waals surface area contributed by atoms with Crippen LogP contribution in [0.1, 0.15) is 34.3 Å². The predicted molar refractivity (Wildman–Crippen MR) is 154 cm³/mol. The van der Waals surface area contributed by atoms with Crippen LogP contribution in [0.4, 0.5) is 10.2 Å². The maximum atomic E-state index is 14.5. The Hall–Kier alpha value is -5.05. The number of rotatable bonds is 7. The summed E-state index contributed by atoms with van der Waals surface area (Å²) >= 11 is 3.23. The van der Waals surface area contributed by atoms with Gasteiger partial charge in [-0.2, -0.15) is 10.2 Å². The number of amides is 2. The molecule has 0 spiro atoms. The molecule has 2 N–H and O–H groups in total. The van der Waals surface area contributed by atoms with Gasteiger partial charge in [0.1, 0.15) is 34.9 Å². The van der Waals surface area contributed by atoms with Crippen LogP contribution in [0.5, 0.6) is 0 Å². The van der Waals surface area contributed by atoms with Crippen molar-refractivity contribution in [1.82, 2.24) is 34.3 Å².